The Morgan fingerprint density at radius 1 is 1.30 bits per heavy atom. The predicted molar refractivity (Wildman–Crippen MR) is 75.2 cm³/mol. The average Bonchev–Trinajstić information content (AvgIpc) is 2.44. The van der Waals surface area contributed by atoms with E-state index in [4.69, 9.17) is 5.73 Å². The molecule has 20 heavy (non-hydrogen) atoms. The molecule has 5 heteroatoms. The van der Waals surface area contributed by atoms with Crippen molar-refractivity contribution in [2.75, 3.05) is 13.1 Å². The third-order valence-electron chi connectivity index (χ3n) is 3.45. The summed E-state index contributed by atoms with van der Waals surface area (Å²) in [5.74, 6) is -2.09. The van der Waals surface area contributed by atoms with Gasteiger partial charge in [0.1, 0.15) is 0 Å². The first-order chi connectivity index (χ1) is 9.54. The summed E-state index contributed by atoms with van der Waals surface area (Å²) in [5, 5.41) is 0. The van der Waals surface area contributed by atoms with Gasteiger partial charge in [0.2, 0.25) is 5.91 Å². The number of carbonyl (C=O) groups is 1. The van der Waals surface area contributed by atoms with Crippen molar-refractivity contribution >= 4 is 5.91 Å². The first kappa shape index (κ1) is 16.6. The van der Waals surface area contributed by atoms with E-state index in [0.29, 0.717) is 13.1 Å². The van der Waals surface area contributed by atoms with E-state index in [2.05, 4.69) is 0 Å². The molecule has 0 bridgehead atoms. The maximum Gasteiger partial charge on any atom is 0.227 e. The average molecular weight is 284 g/mol. The van der Waals surface area contributed by atoms with Gasteiger partial charge in [0.25, 0.3) is 0 Å². The summed E-state index contributed by atoms with van der Waals surface area (Å²) in [6.07, 6.45) is 1.49. The van der Waals surface area contributed by atoms with Crippen LogP contribution in [-0.2, 0) is 11.2 Å². The molecule has 0 aliphatic heterocycles. The van der Waals surface area contributed by atoms with E-state index in [1.807, 2.05) is 13.8 Å². The molecule has 3 nitrogen and oxygen atoms in total. The first-order valence-electron chi connectivity index (χ1n) is 6.97. The molecule has 0 saturated carbocycles. The number of rotatable bonds is 7. The summed E-state index contributed by atoms with van der Waals surface area (Å²) in [6.45, 7) is 4.78. The third-order valence-corrected chi connectivity index (χ3v) is 3.45. The number of nitrogens with zero attached hydrogens (tertiary/aromatic N) is 1. The number of halogens is 2. The molecule has 0 fully saturated rings. The normalized spacial score (nSPS) is 10.9. The fraction of sp³-hybridized carbons (Fsp3) is 0.533. The summed E-state index contributed by atoms with van der Waals surface area (Å²) >= 11 is 0. The van der Waals surface area contributed by atoms with Gasteiger partial charge >= 0.3 is 0 Å². The molecule has 112 valence electrons. The van der Waals surface area contributed by atoms with Crippen LogP contribution in [0, 0.1) is 11.6 Å². The molecule has 0 radical (unpaired) electrons. The van der Waals surface area contributed by atoms with E-state index in [1.165, 1.54) is 12.1 Å². The lowest BCUT2D eigenvalue weighted by Crippen LogP contribution is -2.43. The smallest absolute Gasteiger partial charge is 0.227 e. The second-order valence-corrected chi connectivity index (χ2v) is 4.74. The molecule has 0 spiro atoms. The standard InChI is InChI=1S/C15H22F2N2O/c1-3-12(4-2)19(9-8-18)14(20)10-11-6-5-7-13(16)15(11)17/h5-7,12H,3-4,8-10,18H2,1-2H3. The highest BCUT2D eigenvalue weighted by molar-refractivity contribution is 5.79. The zero-order valence-corrected chi connectivity index (χ0v) is 12.0. The van der Waals surface area contributed by atoms with Crippen LogP contribution in [-0.4, -0.2) is 29.9 Å². The van der Waals surface area contributed by atoms with Gasteiger partial charge in [-0.25, -0.2) is 8.78 Å². The fourth-order valence-corrected chi connectivity index (χ4v) is 2.33. The Hall–Kier alpha value is -1.49. The van der Waals surface area contributed by atoms with Gasteiger partial charge < -0.3 is 10.6 Å². The van der Waals surface area contributed by atoms with Crippen molar-refractivity contribution < 1.29 is 13.6 Å². The molecule has 1 rings (SSSR count). The number of nitrogens with two attached hydrogens (primary N) is 1. The largest absolute Gasteiger partial charge is 0.338 e. The lowest BCUT2D eigenvalue weighted by atomic mass is 10.1. The highest BCUT2D eigenvalue weighted by atomic mass is 19.2. The van der Waals surface area contributed by atoms with Crippen LogP contribution >= 0.6 is 0 Å². The minimum absolute atomic E-state index is 0.0858. The SMILES string of the molecule is CCC(CC)N(CCN)C(=O)Cc1cccc(F)c1F. The van der Waals surface area contributed by atoms with Crippen LogP contribution in [0.25, 0.3) is 0 Å². The van der Waals surface area contributed by atoms with Crippen LogP contribution in [0.15, 0.2) is 18.2 Å². The number of amides is 1. The quantitative estimate of drug-likeness (QED) is 0.836. The van der Waals surface area contributed by atoms with Crippen LogP contribution in [0.3, 0.4) is 0 Å². The lowest BCUT2D eigenvalue weighted by Gasteiger charge is -2.30. The van der Waals surface area contributed by atoms with E-state index >= 15 is 0 Å². The van der Waals surface area contributed by atoms with E-state index in [0.717, 1.165) is 18.9 Å². The summed E-state index contributed by atoms with van der Waals surface area (Å²) in [5.41, 5.74) is 5.62. The molecule has 1 amide bonds. The molecule has 0 heterocycles. The van der Waals surface area contributed by atoms with Crippen molar-refractivity contribution in [1.29, 1.82) is 0 Å². The van der Waals surface area contributed by atoms with E-state index in [-0.39, 0.29) is 23.9 Å². The number of hydrogen-bond donors (Lipinski definition) is 1. The molecule has 0 saturated heterocycles. The molecule has 0 aromatic heterocycles. The topological polar surface area (TPSA) is 46.3 Å². The summed E-state index contributed by atoms with van der Waals surface area (Å²) in [4.78, 5) is 14.0. The van der Waals surface area contributed by atoms with Crippen molar-refractivity contribution in [2.24, 2.45) is 5.73 Å². The van der Waals surface area contributed by atoms with Crippen LogP contribution in [0.1, 0.15) is 32.3 Å². The van der Waals surface area contributed by atoms with Gasteiger partial charge in [0.05, 0.1) is 6.42 Å². The van der Waals surface area contributed by atoms with E-state index < -0.39 is 11.6 Å². The molecular formula is C15H22F2N2O. The number of hydrogen-bond acceptors (Lipinski definition) is 2. The van der Waals surface area contributed by atoms with Crippen molar-refractivity contribution in [3.8, 4) is 0 Å². The van der Waals surface area contributed by atoms with Gasteiger partial charge in [0.15, 0.2) is 11.6 Å². The van der Waals surface area contributed by atoms with Crippen molar-refractivity contribution in [3.63, 3.8) is 0 Å². The Balaban J connectivity index is 2.88. The monoisotopic (exact) mass is 284 g/mol. The lowest BCUT2D eigenvalue weighted by molar-refractivity contribution is -0.132. The molecule has 2 N–H and O–H groups in total. The Labute approximate surface area is 118 Å². The van der Waals surface area contributed by atoms with Gasteiger partial charge in [0, 0.05) is 24.7 Å². The maximum absolute atomic E-state index is 13.6. The molecule has 1 aromatic carbocycles. The molecule has 0 aliphatic carbocycles. The van der Waals surface area contributed by atoms with Gasteiger partial charge in [-0.3, -0.25) is 4.79 Å². The second kappa shape index (κ2) is 7.94. The summed E-state index contributed by atoms with van der Waals surface area (Å²) in [6, 6.07) is 3.97. The van der Waals surface area contributed by atoms with Crippen molar-refractivity contribution in [3.05, 3.63) is 35.4 Å². The fourth-order valence-electron chi connectivity index (χ4n) is 2.33. The van der Waals surface area contributed by atoms with Crippen LogP contribution in [0.4, 0.5) is 8.78 Å². The maximum atomic E-state index is 13.6. The second-order valence-electron chi connectivity index (χ2n) is 4.74. The number of benzene rings is 1. The van der Waals surface area contributed by atoms with Gasteiger partial charge in [-0.15, -0.1) is 0 Å². The molecular weight excluding hydrogens is 262 g/mol. The van der Waals surface area contributed by atoms with Crippen LogP contribution in [0.5, 0.6) is 0 Å². The Morgan fingerprint density at radius 3 is 2.50 bits per heavy atom. The van der Waals surface area contributed by atoms with Gasteiger partial charge in [-0.1, -0.05) is 26.0 Å². The van der Waals surface area contributed by atoms with Crippen molar-refractivity contribution in [1.82, 2.24) is 4.90 Å². The van der Waals surface area contributed by atoms with Crippen LogP contribution in [0.2, 0.25) is 0 Å². The summed E-state index contributed by atoms with van der Waals surface area (Å²) in [7, 11) is 0. The molecule has 1 aromatic rings. The Morgan fingerprint density at radius 2 is 1.95 bits per heavy atom. The predicted octanol–water partition coefficient (Wildman–Crippen LogP) is 2.48. The zero-order valence-electron chi connectivity index (χ0n) is 12.0. The van der Waals surface area contributed by atoms with Crippen LogP contribution < -0.4 is 5.73 Å². The van der Waals surface area contributed by atoms with Gasteiger partial charge in [-0.2, -0.15) is 0 Å². The highest BCUT2D eigenvalue weighted by Crippen LogP contribution is 2.15. The zero-order chi connectivity index (χ0) is 15.1. The molecule has 0 unspecified atom stereocenters. The molecule has 0 aliphatic rings. The van der Waals surface area contributed by atoms with Gasteiger partial charge in [-0.05, 0) is 18.9 Å². The minimum atomic E-state index is -0.946. The van der Waals surface area contributed by atoms with Crippen molar-refractivity contribution in [2.45, 2.75) is 39.2 Å². The molecule has 0 atom stereocenters. The minimum Gasteiger partial charge on any atom is -0.338 e. The van der Waals surface area contributed by atoms with E-state index in [1.54, 1.807) is 4.90 Å². The third kappa shape index (κ3) is 4.00. The van der Waals surface area contributed by atoms with E-state index in [9.17, 15) is 13.6 Å². The Kier molecular flexibility index (Phi) is 6.58. The Bertz CT molecular complexity index is 447. The summed E-state index contributed by atoms with van der Waals surface area (Å²) < 4.78 is 26.8. The number of carbonyl (C=O) groups excluding carboxylic acids is 1. The highest BCUT2D eigenvalue weighted by Gasteiger charge is 2.22. The first-order valence-corrected chi connectivity index (χ1v) is 6.97.